The highest BCUT2D eigenvalue weighted by molar-refractivity contribution is 5.86. The second-order valence-electron chi connectivity index (χ2n) is 6.32. The Bertz CT molecular complexity index is 742. The molecule has 0 spiro atoms. The van der Waals surface area contributed by atoms with Gasteiger partial charge in [0, 0.05) is 25.5 Å². The van der Waals surface area contributed by atoms with Gasteiger partial charge >= 0.3 is 0 Å². The lowest BCUT2D eigenvalue weighted by atomic mass is 9.81. The first-order valence-corrected chi connectivity index (χ1v) is 8.19. The van der Waals surface area contributed by atoms with Crippen molar-refractivity contribution in [3.05, 3.63) is 36.2 Å². The van der Waals surface area contributed by atoms with Gasteiger partial charge in [-0.2, -0.15) is 0 Å². The molecule has 0 saturated heterocycles. The minimum Gasteiger partial charge on any atom is -0.376 e. The summed E-state index contributed by atoms with van der Waals surface area (Å²) in [5, 5.41) is 11.6. The van der Waals surface area contributed by atoms with E-state index in [0.29, 0.717) is 44.8 Å². The largest absolute Gasteiger partial charge is 0.376 e. The lowest BCUT2D eigenvalue weighted by Crippen LogP contribution is -2.52. The summed E-state index contributed by atoms with van der Waals surface area (Å²) in [6.45, 7) is 1.94. The van der Waals surface area contributed by atoms with Crippen molar-refractivity contribution in [3.8, 4) is 0 Å². The minimum atomic E-state index is -1.65. The van der Waals surface area contributed by atoms with Gasteiger partial charge in [0.1, 0.15) is 0 Å². The third-order valence-corrected chi connectivity index (χ3v) is 4.76. The molecule has 1 N–H and O–H groups in total. The van der Waals surface area contributed by atoms with Crippen LogP contribution in [0.15, 0.2) is 24.5 Å². The second kappa shape index (κ2) is 5.85. The van der Waals surface area contributed by atoms with Gasteiger partial charge in [0.05, 0.1) is 18.8 Å². The molecule has 0 radical (unpaired) electrons. The molecule has 7 nitrogen and oxygen atoms in total. The van der Waals surface area contributed by atoms with Gasteiger partial charge in [-0.25, -0.2) is 4.39 Å². The standard InChI is InChI=1S/C16H19FN6O/c17-16(4-2-5-16)15(24)22-7-8-23-13(20-21-14(23)11-22)10-19-12-3-1-6-18-9-12/h1,3,6,9,19H,2,4-5,7-8,10-11H2. The summed E-state index contributed by atoms with van der Waals surface area (Å²) >= 11 is 0. The number of amides is 1. The third kappa shape index (κ3) is 2.61. The van der Waals surface area contributed by atoms with Crippen molar-refractivity contribution in [2.45, 2.75) is 44.6 Å². The van der Waals surface area contributed by atoms with Crippen LogP contribution in [0.2, 0.25) is 0 Å². The predicted octanol–water partition coefficient (Wildman–Crippen LogP) is 1.52. The Kier molecular flexibility index (Phi) is 3.66. The lowest BCUT2D eigenvalue weighted by molar-refractivity contribution is -0.151. The van der Waals surface area contributed by atoms with Gasteiger partial charge in [-0.1, -0.05) is 0 Å². The van der Waals surface area contributed by atoms with Gasteiger partial charge in [-0.15, -0.1) is 10.2 Å². The van der Waals surface area contributed by atoms with E-state index >= 15 is 0 Å². The molecule has 3 heterocycles. The zero-order valence-corrected chi connectivity index (χ0v) is 13.3. The highest BCUT2D eigenvalue weighted by atomic mass is 19.1. The van der Waals surface area contributed by atoms with Crippen molar-refractivity contribution in [2.75, 3.05) is 11.9 Å². The first-order valence-electron chi connectivity index (χ1n) is 8.19. The van der Waals surface area contributed by atoms with Crippen LogP contribution in [0.1, 0.15) is 30.9 Å². The van der Waals surface area contributed by atoms with Crippen LogP contribution in [-0.2, 0) is 24.4 Å². The SMILES string of the molecule is O=C(N1CCn2c(CNc3cccnc3)nnc2C1)C1(F)CCC1. The number of nitrogens with zero attached hydrogens (tertiary/aromatic N) is 5. The average molecular weight is 330 g/mol. The first-order chi connectivity index (χ1) is 11.7. The Balaban J connectivity index is 1.43. The molecule has 1 aliphatic heterocycles. The van der Waals surface area contributed by atoms with Crippen LogP contribution < -0.4 is 5.32 Å². The van der Waals surface area contributed by atoms with Gasteiger partial charge < -0.3 is 14.8 Å². The van der Waals surface area contributed by atoms with Crippen molar-refractivity contribution in [2.24, 2.45) is 0 Å². The molecule has 24 heavy (non-hydrogen) atoms. The Morgan fingerprint density at radius 2 is 2.21 bits per heavy atom. The number of carbonyl (C=O) groups excluding carboxylic acids is 1. The van der Waals surface area contributed by atoms with Gasteiger partial charge in [0.25, 0.3) is 5.91 Å². The number of alkyl halides is 1. The topological polar surface area (TPSA) is 75.9 Å². The number of halogens is 1. The smallest absolute Gasteiger partial charge is 0.260 e. The zero-order chi connectivity index (χ0) is 16.6. The quantitative estimate of drug-likeness (QED) is 0.920. The highest BCUT2D eigenvalue weighted by Gasteiger charge is 2.47. The van der Waals surface area contributed by atoms with Gasteiger partial charge in [-0.3, -0.25) is 9.78 Å². The fraction of sp³-hybridized carbons (Fsp3) is 0.500. The molecule has 0 aromatic carbocycles. The van der Waals surface area contributed by atoms with E-state index in [0.717, 1.165) is 17.9 Å². The van der Waals surface area contributed by atoms with Gasteiger partial charge in [-0.05, 0) is 31.4 Å². The normalized spacial score (nSPS) is 18.6. The van der Waals surface area contributed by atoms with Crippen LogP contribution in [0.3, 0.4) is 0 Å². The number of anilines is 1. The summed E-state index contributed by atoms with van der Waals surface area (Å²) in [5.41, 5.74) is -0.737. The van der Waals surface area contributed by atoms with Crippen LogP contribution in [0.4, 0.5) is 10.1 Å². The zero-order valence-electron chi connectivity index (χ0n) is 13.3. The van der Waals surface area contributed by atoms with E-state index in [1.165, 1.54) is 0 Å². The maximum Gasteiger partial charge on any atom is 0.260 e. The predicted molar refractivity (Wildman–Crippen MR) is 84.7 cm³/mol. The Morgan fingerprint density at radius 3 is 2.92 bits per heavy atom. The molecule has 0 bridgehead atoms. The summed E-state index contributed by atoms with van der Waals surface area (Å²) in [4.78, 5) is 17.9. The molecule has 4 rings (SSSR count). The minimum absolute atomic E-state index is 0.324. The average Bonchev–Trinajstić information content (AvgIpc) is 3.00. The molecule has 1 fully saturated rings. The number of fused-ring (bicyclic) bond motifs is 1. The summed E-state index contributed by atoms with van der Waals surface area (Å²) in [6, 6.07) is 3.79. The molecule has 2 aromatic rings. The van der Waals surface area contributed by atoms with Crippen LogP contribution in [0, 0.1) is 0 Å². The Hall–Kier alpha value is -2.51. The second-order valence-corrected chi connectivity index (χ2v) is 6.32. The van der Waals surface area contributed by atoms with Crippen LogP contribution in [0.5, 0.6) is 0 Å². The molecule has 1 saturated carbocycles. The van der Waals surface area contributed by atoms with Crippen LogP contribution in [0.25, 0.3) is 0 Å². The van der Waals surface area contributed by atoms with Crippen molar-refractivity contribution in [1.82, 2.24) is 24.6 Å². The summed E-state index contributed by atoms with van der Waals surface area (Å²) in [6.07, 6.45) is 4.93. The lowest BCUT2D eigenvalue weighted by Gasteiger charge is -2.38. The Labute approximate surface area is 138 Å². The monoisotopic (exact) mass is 330 g/mol. The van der Waals surface area contributed by atoms with E-state index in [1.807, 2.05) is 16.7 Å². The summed E-state index contributed by atoms with van der Waals surface area (Å²) < 4.78 is 16.3. The number of carbonyl (C=O) groups is 1. The highest BCUT2D eigenvalue weighted by Crippen LogP contribution is 2.38. The molecular weight excluding hydrogens is 311 g/mol. The van der Waals surface area contributed by atoms with E-state index in [1.54, 1.807) is 17.3 Å². The molecular formula is C16H19FN6O. The maximum atomic E-state index is 14.3. The van der Waals surface area contributed by atoms with E-state index in [9.17, 15) is 9.18 Å². The summed E-state index contributed by atoms with van der Waals surface area (Å²) in [5.74, 6) is 1.12. The van der Waals surface area contributed by atoms with Crippen molar-refractivity contribution < 1.29 is 9.18 Å². The summed E-state index contributed by atoms with van der Waals surface area (Å²) in [7, 11) is 0. The molecule has 0 atom stereocenters. The number of aromatic nitrogens is 4. The fourth-order valence-electron chi connectivity index (χ4n) is 3.15. The Morgan fingerprint density at radius 1 is 1.33 bits per heavy atom. The van der Waals surface area contributed by atoms with E-state index in [-0.39, 0.29) is 0 Å². The molecule has 0 unspecified atom stereocenters. The van der Waals surface area contributed by atoms with Crippen molar-refractivity contribution >= 4 is 11.6 Å². The first kappa shape index (κ1) is 15.0. The molecule has 2 aliphatic rings. The number of pyridine rings is 1. The van der Waals surface area contributed by atoms with E-state index in [2.05, 4.69) is 20.5 Å². The van der Waals surface area contributed by atoms with Crippen LogP contribution in [-0.4, -0.2) is 42.8 Å². The van der Waals surface area contributed by atoms with Crippen molar-refractivity contribution in [3.63, 3.8) is 0 Å². The third-order valence-electron chi connectivity index (χ3n) is 4.76. The fourth-order valence-corrected chi connectivity index (χ4v) is 3.15. The van der Waals surface area contributed by atoms with Crippen molar-refractivity contribution in [1.29, 1.82) is 0 Å². The maximum absolute atomic E-state index is 14.3. The number of hydrogen-bond donors (Lipinski definition) is 1. The molecule has 2 aromatic heterocycles. The molecule has 1 amide bonds. The van der Waals surface area contributed by atoms with Gasteiger partial charge in [0.15, 0.2) is 17.3 Å². The van der Waals surface area contributed by atoms with Gasteiger partial charge in [0.2, 0.25) is 0 Å². The van der Waals surface area contributed by atoms with E-state index in [4.69, 9.17) is 0 Å². The van der Waals surface area contributed by atoms with Crippen LogP contribution >= 0.6 is 0 Å². The molecule has 8 heteroatoms. The van der Waals surface area contributed by atoms with E-state index < -0.39 is 11.6 Å². The number of nitrogens with one attached hydrogen (secondary N) is 1. The number of rotatable bonds is 4. The number of hydrogen-bond acceptors (Lipinski definition) is 5. The molecule has 126 valence electrons. The molecule has 1 aliphatic carbocycles.